The van der Waals surface area contributed by atoms with E-state index in [1.807, 2.05) is 48.5 Å². The molecular weight excluding hydrogens is 376 g/mol. The molecule has 6 heteroatoms. The van der Waals surface area contributed by atoms with E-state index >= 15 is 0 Å². The minimum atomic E-state index is -0.695. The third-order valence-corrected chi connectivity index (χ3v) is 4.61. The molecule has 1 atom stereocenters. The lowest BCUT2D eigenvalue weighted by molar-refractivity contribution is 0.242. The standard InChI is InChI=1S/C23H19F2NO3/c1-27-18-9-5-15(6-10-18)16-7-11-19(12-8-16)28-13-17-14-29-23(26-17)22-20(24)3-2-4-21(22)25/h2-12,17H,13-14H2,1H3. The highest BCUT2D eigenvalue weighted by atomic mass is 19.1. The first-order chi connectivity index (χ1) is 14.1. The van der Waals surface area contributed by atoms with Gasteiger partial charge in [-0.3, -0.25) is 0 Å². The Kier molecular flexibility index (Phi) is 5.42. The SMILES string of the molecule is COc1ccc(-c2ccc(OCC3COC(c4c(F)cccc4F)=N3)cc2)cc1. The average molecular weight is 395 g/mol. The van der Waals surface area contributed by atoms with Crippen molar-refractivity contribution >= 4 is 5.90 Å². The molecule has 0 radical (unpaired) electrons. The van der Waals surface area contributed by atoms with Gasteiger partial charge in [0.15, 0.2) is 0 Å². The van der Waals surface area contributed by atoms with E-state index in [0.717, 1.165) is 16.9 Å². The fourth-order valence-electron chi connectivity index (χ4n) is 3.06. The van der Waals surface area contributed by atoms with Gasteiger partial charge in [-0.25, -0.2) is 13.8 Å². The molecule has 148 valence electrons. The first-order valence-corrected chi connectivity index (χ1v) is 9.16. The van der Waals surface area contributed by atoms with Crippen LogP contribution in [0.1, 0.15) is 5.56 Å². The van der Waals surface area contributed by atoms with Crippen molar-refractivity contribution in [2.75, 3.05) is 20.3 Å². The highest BCUT2D eigenvalue weighted by Gasteiger charge is 2.25. The molecule has 0 fully saturated rings. The van der Waals surface area contributed by atoms with Crippen molar-refractivity contribution in [3.8, 4) is 22.6 Å². The lowest BCUT2D eigenvalue weighted by atomic mass is 10.1. The minimum Gasteiger partial charge on any atom is -0.497 e. The van der Waals surface area contributed by atoms with Crippen LogP contribution in [0, 0.1) is 11.6 Å². The van der Waals surface area contributed by atoms with Crippen LogP contribution in [-0.4, -0.2) is 32.3 Å². The molecule has 0 aromatic heterocycles. The molecule has 0 N–H and O–H groups in total. The number of rotatable bonds is 6. The van der Waals surface area contributed by atoms with Gasteiger partial charge in [-0.2, -0.15) is 0 Å². The molecule has 0 bridgehead atoms. The number of aliphatic imine (C=N–C) groups is 1. The highest BCUT2D eigenvalue weighted by molar-refractivity contribution is 5.95. The van der Waals surface area contributed by atoms with E-state index in [-0.39, 0.29) is 30.7 Å². The molecule has 1 unspecified atom stereocenters. The molecule has 0 aliphatic carbocycles. The summed E-state index contributed by atoms with van der Waals surface area (Å²) in [6.07, 6.45) is 0. The molecule has 3 aromatic carbocycles. The first kappa shape index (κ1) is 18.9. The molecule has 1 heterocycles. The van der Waals surface area contributed by atoms with E-state index in [0.29, 0.717) is 5.75 Å². The molecule has 4 rings (SSSR count). The summed E-state index contributed by atoms with van der Waals surface area (Å²) in [7, 11) is 1.64. The summed E-state index contributed by atoms with van der Waals surface area (Å²) in [6.45, 7) is 0.467. The van der Waals surface area contributed by atoms with Gasteiger partial charge in [0.05, 0.1) is 7.11 Å². The summed E-state index contributed by atoms with van der Waals surface area (Å²) in [5, 5.41) is 0. The van der Waals surface area contributed by atoms with E-state index in [2.05, 4.69) is 4.99 Å². The maximum atomic E-state index is 13.9. The third-order valence-electron chi connectivity index (χ3n) is 4.61. The maximum absolute atomic E-state index is 13.9. The van der Waals surface area contributed by atoms with Crippen molar-refractivity contribution in [3.05, 3.63) is 83.9 Å². The van der Waals surface area contributed by atoms with Crippen LogP contribution in [0.5, 0.6) is 11.5 Å². The molecule has 0 saturated heterocycles. The third kappa shape index (κ3) is 4.21. The first-order valence-electron chi connectivity index (χ1n) is 9.16. The van der Waals surface area contributed by atoms with Crippen LogP contribution in [-0.2, 0) is 4.74 Å². The van der Waals surface area contributed by atoms with E-state index in [9.17, 15) is 8.78 Å². The summed E-state index contributed by atoms with van der Waals surface area (Å²) in [5.74, 6) is 0.0774. The normalized spacial score (nSPS) is 15.6. The van der Waals surface area contributed by atoms with Crippen molar-refractivity contribution < 1.29 is 23.0 Å². The maximum Gasteiger partial charge on any atom is 0.222 e. The van der Waals surface area contributed by atoms with Crippen molar-refractivity contribution in [1.82, 2.24) is 0 Å². The smallest absolute Gasteiger partial charge is 0.222 e. The molecule has 0 amide bonds. The van der Waals surface area contributed by atoms with Crippen molar-refractivity contribution in [3.63, 3.8) is 0 Å². The quantitative estimate of drug-likeness (QED) is 0.598. The Hall–Kier alpha value is -3.41. The van der Waals surface area contributed by atoms with Gasteiger partial charge in [-0.15, -0.1) is 0 Å². The van der Waals surface area contributed by atoms with Gasteiger partial charge in [-0.1, -0.05) is 30.3 Å². The van der Waals surface area contributed by atoms with Crippen LogP contribution >= 0.6 is 0 Å². The van der Waals surface area contributed by atoms with Crippen LogP contribution < -0.4 is 9.47 Å². The van der Waals surface area contributed by atoms with Crippen molar-refractivity contribution in [2.45, 2.75) is 6.04 Å². The fourth-order valence-corrected chi connectivity index (χ4v) is 3.06. The number of benzene rings is 3. The minimum absolute atomic E-state index is 0.0240. The summed E-state index contributed by atoms with van der Waals surface area (Å²) < 4.78 is 44.0. The topological polar surface area (TPSA) is 40.0 Å². The summed E-state index contributed by atoms with van der Waals surface area (Å²) in [6, 6.07) is 18.8. The summed E-state index contributed by atoms with van der Waals surface area (Å²) >= 11 is 0. The zero-order valence-electron chi connectivity index (χ0n) is 15.8. The number of halogens is 2. The monoisotopic (exact) mass is 395 g/mol. The van der Waals surface area contributed by atoms with Gasteiger partial charge in [-0.05, 0) is 47.5 Å². The number of hydrogen-bond donors (Lipinski definition) is 0. The number of nitrogens with zero attached hydrogens (tertiary/aromatic N) is 1. The Balaban J connectivity index is 1.39. The zero-order chi connectivity index (χ0) is 20.2. The molecule has 4 nitrogen and oxygen atoms in total. The van der Waals surface area contributed by atoms with Gasteiger partial charge in [0.2, 0.25) is 5.90 Å². The Bertz CT molecular complexity index is 997. The molecule has 29 heavy (non-hydrogen) atoms. The second-order valence-electron chi connectivity index (χ2n) is 6.56. The van der Waals surface area contributed by atoms with Crippen molar-refractivity contribution in [2.24, 2.45) is 4.99 Å². The lowest BCUT2D eigenvalue weighted by Crippen LogP contribution is -2.16. The van der Waals surface area contributed by atoms with Gasteiger partial charge in [0.25, 0.3) is 0 Å². The highest BCUT2D eigenvalue weighted by Crippen LogP contribution is 2.25. The van der Waals surface area contributed by atoms with Gasteiger partial charge < -0.3 is 14.2 Å². The Morgan fingerprint density at radius 2 is 1.48 bits per heavy atom. The molecule has 0 saturated carbocycles. The van der Waals surface area contributed by atoms with E-state index < -0.39 is 11.6 Å². The van der Waals surface area contributed by atoms with Gasteiger partial charge in [0, 0.05) is 0 Å². The van der Waals surface area contributed by atoms with E-state index in [4.69, 9.17) is 14.2 Å². The number of methoxy groups -OCH3 is 1. The molecule has 1 aliphatic heterocycles. The second kappa shape index (κ2) is 8.31. The van der Waals surface area contributed by atoms with Crippen LogP contribution in [0.2, 0.25) is 0 Å². The predicted molar refractivity (Wildman–Crippen MR) is 107 cm³/mol. The second-order valence-corrected chi connectivity index (χ2v) is 6.56. The van der Waals surface area contributed by atoms with Gasteiger partial charge in [0.1, 0.15) is 48.0 Å². The fraction of sp³-hybridized carbons (Fsp3) is 0.174. The zero-order valence-corrected chi connectivity index (χ0v) is 15.8. The predicted octanol–water partition coefficient (Wildman–Crippen LogP) is 4.86. The molecule has 0 spiro atoms. The molecule has 3 aromatic rings. The molecule has 1 aliphatic rings. The van der Waals surface area contributed by atoms with E-state index in [1.165, 1.54) is 18.2 Å². The molecular formula is C23H19F2NO3. The van der Waals surface area contributed by atoms with Crippen LogP contribution in [0.4, 0.5) is 8.78 Å². The van der Waals surface area contributed by atoms with Crippen LogP contribution in [0.3, 0.4) is 0 Å². The summed E-state index contributed by atoms with van der Waals surface area (Å²) in [4.78, 5) is 4.25. The van der Waals surface area contributed by atoms with Crippen molar-refractivity contribution in [1.29, 1.82) is 0 Å². The number of ether oxygens (including phenoxy) is 3. The van der Waals surface area contributed by atoms with Crippen LogP contribution in [0.15, 0.2) is 71.7 Å². The van der Waals surface area contributed by atoms with Crippen LogP contribution in [0.25, 0.3) is 11.1 Å². The number of hydrogen-bond acceptors (Lipinski definition) is 4. The summed E-state index contributed by atoms with van der Waals surface area (Å²) in [5.41, 5.74) is 1.89. The average Bonchev–Trinajstić information content (AvgIpc) is 3.21. The lowest BCUT2D eigenvalue weighted by Gasteiger charge is -2.09. The van der Waals surface area contributed by atoms with Gasteiger partial charge >= 0.3 is 0 Å². The Morgan fingerprint density at radius 1 is 0.897 bits per heavy atom. The Morgan fingerprint density at radius 3 is 2.07 bits per heavy atom. The largest absolute Gasteiger partial charge is 0.497 e. The van der Waals surface area contributed by atoms with E-state index in [1.54, 1.807) is 7.11 Å². The Labute approximate surface area is 167 Å².